The van der Waals surface area contributed by atoms with Crippen LogP contribution in [0.25, 0.3) is 10.2 Å². The third-order valence-electron chi connectivity index (χ3n) is 4.58. The Balaban J connectivity index is 1.29. The standard InChI is InChI=1S/C21H22FN3O3S/c22-16-4-1-2-5-18(16)28-11-3-6-20(26)23-15-7-8-17-19(14-15)29-21(24-17)25-9-12-27-13-10-25/h1-2,4-5,7-8,14H,3,6,9-13H2,(H,23,26). The minimum atomic E-state index is -0.397. The summed E-state index contributed by atoms with van der Waals surface area (Å²) in [6.45, 7) is 3.41. The SMILES string of the molecule is O=C(CCCOc1ccccc1F)Nc1ccc2nc(N3CCOCC3)sc2c1. The largest absolute Gasteiger partial charge is 0.491 e. The number of benzene rings is 2. The van der Waals surface area contributed by atoms with Crippen LogP contribution in [0.1, 0.15) is 12.8 Å². The Morgan fingerprint density at radius 3 is 2.90 bits per heavy atom. The molecule has 0 radical (unpaired) electrons. The van der Waals surface area contributed by atoms with Gasteiger partial charge in [0.25, 0.3) is 0 Å². The predicted octanol–water partition coefficient (Wildman–Crippen LogP) is 4.07. The third kappa shape index (κ3) is 5.02. The number of carbonyl (C=O) groups excluding carboxylic acids is 1. The number of thiazole rings is 1. The van der Waals surface area contributed by atoms with Gasteiger partial charge in [-0.1, -0.05) is 23.5 Å². The van der Waals surface area contributed by atoms with Crippen LogP contribution >= 0.6 is 11.3 Å². The number of ether oxygens (including phenoxy) is 2. The molecule has 1 saturated heterocycles. The molecule has 1 aliphatic rings. The van der Waals surface area contributed by atoms with Crippen LogP contribution in [0.4, 0.5) is 15.2 Å². The maximum absolute atomic E-state index is 13.5. The van der Waals surface area contributed by atoms with Crippen molar-refractivity contribution >= 4 is 38.3 Å². The van der Waals surface area contributed by atoms with Crippen LogP contribution in [0.15, 0.2) is 42.5 Å². The molecule has 1 aromatic heterocycles. The van der Waals surface area contributed by atoms with E-state index in [2.05, 4.69) is 15.2 Å². The van der Waals surface area contributed by atoms with E-state index in [4.69, 9.17) is 9.47 Å². The van der Waals surface area contributed by atoms with Crippen molar-refractivity contribution in [3.8, 4) is 5.75 Å². The van der Waals surface area contributed by atoms with Crippen LogP contribution in [0, 0.1) is 5.82 Å². The van der Waals surface area contributed by atoms with E-state index in [-0.39, 0.29) is 18.3 Å². The normalized spacial score (nSPS) is 14.2. The first-order valence-electron chi connectivity index (χ1n) is 9.59. The molecule has 0 unspecified atom stereocenters. The van der Waals surface area contributed by atoms with Crippen molar-refractivity contribution in [2.24, 2.45) is 0 Å². The smallest absolute Gasteiger partial charge is 0.224 e. The number of hydrogen-bond donors (Lipinski definition) is 1. The van der Waals surface area contributed by atoms with E-state index in [1.807, 2.05) is 18.2 Å². The van der Waals surface area contributed by atoms with E-state index in [1.54, 1.807) is 29.5 Å². The third-order valence-corrected chi connectivity index (χ3v) is 5.66. The number of aromatic nitrogens is 1. The highest BCUT2D eigenvalue weighted by Crippen LogP contribution is 2.31. The zero-order valence-corrected chi connectivity index (χ0v) is 16.7. The highest BCUT2D eigenvalue weighted by atomic mass is 32.1. The van der Waals surface area contributed by atoms with Gasteiger partial charge < -0.3 is 19.7 Å². The number of para-hydroxylation sites is 1. The van der Waals surface area contributed by atoms with Crippen molar-refractivity contribution in [2.45, 2.75) is 12.8 Å². The molecule has 152 valence electrons. The molecule has 4 rings (SSSR count). The quantitative estimate of drug-likeness (QED) is 0.590. The van der Waals surface area contributed by atoms with E-state index >= 15 is 0 Å². The minimum Gasteiger partial charge on any atom is -0.491 e. The molecule has 1 fully saturated rings. The van der Waals surface area contributed by atoms with E-state index in [9.17, 15) is 9.18 Å². The summed E-state index contributed by atoms with van der Waals surface area (Å²) in [5.41, 5.74) is 1.67. The molecule has 0 bridgehead atoms. The topological polar surface area (TPSA) is 63.7 Å². The molecule has 6 nitrogen and oxygen atoms in total. The minimum absolute atomic E-state index is 0.0978. The summed E-state index contributed by atoms with van der Waals surface area (Å²) in [5.74, 6) is -0.287. The van der Waals surface area contributed by atoms with Gasteiger partial charge in [0.05, 0.1) is 30.0 Å². The van der Waals surface area contributed by atoms with Crippen LogP contribution in [0.5, 0.6) is 5.75 Å². The van der Waals surface area contributed by atoms with E-state index < -0.39 is 5.82 Å². The number of morpholine rings is 1. The van der Waals surface area contributed by atoms with Gasteiger partial charge in [0.15, 0.2) is 16.7 Å². The summed E-state index contributed by atoms with van der Waals surface area (Å²) in [4.78, 5) is 19.1. The van der Waals surface area contributed by atoms with Crippen LogP contribution in [0.3, 0.4) is 0 Å². The predicted molar refractivity (Wildman–Crippen MR) is 112 cm³/mol. The lowest BCUT2D eigenvalue weighted by molar-refractivity contribution is -0.116. The van der Waals surface area contributed by atoms with E-state index in [0.29, 0.717) is 12.8 Å². The lowest BCUT2D eigenvalue weighted by atomic mass is 10.2. The summed E-state index contributed by atoms with van der Waals surface area (Å²) in [5, 5.41) is 3.89. The first kappa shape index (κ1) is 19.6. The Labute approximate surface area is 172 Å². The Kier molecular flexibility index (Phi) is 6.21. The van der Waals surface area contributed by atoms with Crippen LogP contribution < -0.4 is 15.0 Å². The Morgan fingerprint density at radius 2 is 2.07 bits per heavy atom. The molecule has 1 aliphatic heterocycles. The fourth-order valence-corrected chi connectivity index (χ4v) is 4.14. The molecule has 2 aromatic carbocycles. The number of fused-ring (bicyclic) bond motifs is 1. The summed E-state index contributed by atoms with van der Waals surface area (Å²) in [7, 11) is 0. The molecule has 3 aromatic rings. The van der Waals surface area contributed by atoms with Gasteiger partial charge in [-0.2, -0.15) is 0 Å². The van der Waals surface area contributed by atoms with Crippen LogP contribution in [-0.4, -0.2) is 43.8 Å². The summed E-state index contributed by atoms with van der Waals surface area (Å²) in [6.07, 6.45) is 0.804. The summed E-state index contributed by atoms with van der Waals surface area (Å²) < 4.78 is 25.3. The van der Waals surface area contributed by atoms with Gasteiger partial charge in [0, 0.05) is 25.2 Å². The van der Waals surface area contributed by atoms with Gasteiger partial charge in [-0.05, 0) is 36.8 Å². The van der Waals surface area contributed by atoms with Crippen molar-refractivity contribution in [3.05, 3.63) is 48.3 Å². The van der Waals surface area contributed by atoms with Crippen molar-refractivity contribution in [3.63, 3.8) is 0 Å². The van der Waals surface area contributed by atoms with Gasteiger partial charge in [-0.25, -0.2) is 9.37 Å². The maximum atomic E-state index is 13.5. The fraction of sp³-hybridized carbons (Fsp3) is 0.333. The van der Waals surface area contributed by atoms with Gasteiger partial charge in [-0.3, -0.25) is 4.79 Å². The monoisotopic (exact) mass is 415 g/mol. The highest BCUT2D eigenvalue weighted by Gasteiger charge is 2.15. The van der Waals surface area contributed by atoms with Gasteiger partial charge in [0.1, 0.15) is 0 Å². The second-order valence-electron chi connectivity index (χ2n) is 6.71. The molecule has 1 N–H and O–H groups in total. The second kappa shape index (κ2) is 9.19. The average molecular weight is 415 g/mol. The van der Waals surface area contributed by atoms with Crippen LogP contribution in [0.2, 0.25) is 0 Å². The van der Waals surface area contributed by atoms with Gasteiger partial charge in [0.2, 0.25) is 5.91 Å². The Bertz CT molecular complexity index is 988. The fourth-order valence-electron chi connectivity index (χ4n) is 3.08. The lowest BCUT2D eigenvalue weighted by Gasteiger charge is -2.25. The molecule has 0 spiro atoms. The lowest BCUT2D eigenvalue weighted by Crippen LogP contribution is -2.36. The molecular weight excluding hydrogens is 393 g/mol. The second-order valence-corrected chi connectivity index (χ2v) is 7.72. The number of amides is 1. The number of carbonyl (C=O) groups is 1. The summed E-state index contributed by atoms with van der Waals surface area (Å²) in [6, 6.07) is 12.0. The van der Waals surface area contributed by atoms with Crippen molar-refractivity contribution in [2.75, 3.05) is 43.1 Å². The molecular formula is C21H22FN3O3S. The zero-order chi connectivity index (χ0) is 20.1. The number of rotatable bonds is 7. The molecule has 8 heteroatoms. The molecule has 29 heavy (non-hydrogen) atoms. The average Bonchev–Trinajstić information content (AvgIpc) is 3.16. The molecule has 1 amide bonds. The first-order chi connectivity index (χ1) is 14.2. The molecule has 0 atom stereocenters. The number of anilines is 2. The number of halogens is 1. The Hall–Kier alpha value is -2.71. The summed E-state index contributed by atoms with van der Waals surface area (Å²) >= 11 is 1.62. The number of hydrogen-bond acceptors (Lipinski definition) is 6. The van der Waals surface area contributed by atoms with Crippen molar-refractivity contribution in [1.29, 1.82) is 0 Å². The number of nitrogens with zero attached hydrogens (tertiary/aromatic N) is 2. The Morgan fingerprint density at radius 1 is 1.24 bits per heavy atom. The maximum Gasteiger partial charge on any atom is 0.224 e. The first-order valence-corrected chi connectivity index (χ1v) is 10.4. The zero-order valence-electron chi connectivity index (χ0n) is 15.9. The van der Waals surface area contributed by atoms with Gasteiger partial charge >= 0.3 is 0 Å². The molecule has 0 aliphatic carbocycles. The molecule has 2 heterocycles. The number of nitrogens with one attached hydrogen (secondary N) is 1. The van der Waals surface area contributed by atoms with E-state index in [1.165, 1.54) is 6.07 Å². The van der Waals surface area contributed by atoms with E-state index in [0.717, 1.165) is 47.3 Å². The van der Waals surface area contributed by atoms with Crippen molar-refractivity contribution < 1.29 is 18.7 Å². The van der Waals surface area contributed by atoms with Crippen LogP contribution in [-0.2, 0) is 9.53 Å². The van der Waals surface area contributed by atoms with Crippen molar-refractivity contribution in [1.82, 2.24) is 4.98 Å². The molecule has 0 saturated carbocycles. The van der Waals surface area contributed by atoms with Gasteiger partial charge in [-0.15, -0.1) is 0 Å². The highest BCUT2D eigenvalue weighted by molar-refractivity contribution is 7.22.